The Morgan fingerprint density at radius 2 is 2.11 bits per heavy atom. The molecular weight excluding hydrogens is 288 g/mol. The monoisotopic (exact) mass is 304 g/mol. The van der Waals surface area contributed by atoms with Crippen molar-refractivity contribution in [2.24, 2.45) is 0 Å². The number of sulfone groups is 1. The summed E-state index contributed by atoms with van der Waals surface area (Å²) in [7, 11) is -3.36. The van der Waals surface area contributed by atoms with E-state index in [0.29, 0.717) is 22.8 Å². The lowest BCUT2D eigenvalue weighted by Gasteiger charge is -2.08. The highest BCUT2D eigenvalue weighted by molar-refractivity contribution is 7.92. The molecule has 1 aromatic carbocycles. The van der Waals surface area contributed by atoms with E-state index < -0.39 is 21.5 Å². The van der Waals surface area contributed by atoms with E-state index in [1.165, 1.54) is 12.1 Å². The number of hydrogen-bond acceptors (Lipinski definition) is 4. The zero-order valence-electron chi connectivity index (χ0n) is 10.6. The van der Waals surface area contributed by atoms with Crippen LogP contribution < -0.4 is 11.1 Å². The summed E-state index contributed by atoms with van der Waals surface area (Å²) in [5.41, 5.74) is 6.32. The molecular formula is C12H17ClN2O3S. The first-order valence-electron chi connectivity index (χ1n) is 5.89. The predicted octanol–water partition coefficient (Wildman–Crippen LogP) is 2.08. The molecule has 5 nitrogen and oxygen atoms in total. The van der Waals surface area contributed by atoms with Crippen molar-refractivity contribution >= 4 is 38.7 Å². The Hall–Kier alpha value is -1.27. The Labute approximate surface area is 118 Å². The number of nitrogen functional groups attached to an aromatic ring is 1. The van der Waals surface area contributed by atoms with E-state index in [2.05, 4.69) is 5.32 Å². The maximum Gasteiger partial charge on any atom is 0.239 e. The van der Waals surface area contributed by atoms with Gasteiger partial charge in [-0.3, -0.25) is 4.79 Å². The Morgan fingerprint density at radius 1 is 1.42 bits per heavy atom. The number of nitrogens with two attached hydrogens (primary N) is 1. The number of rotatable bonds is 6. The van der Waals surface area contributed by atoms with E-state index >= 15 is 0 Å². The zero-order chi connectivity index (χ0) is 14.5. The van der Waals surface area contributed by atoms with Crippen LogP contribution in [-0.4, -0.2) is 25.8 Å². The quantitative estimate of drug-likeness (QED) is 0.787. The molecule has 19 heavy (non-hydrogen) atoms. The number of unbranched alkanes of at least 4 members (excludes halogenated alkanes) is 1. The number of halogens is 1. The summed E-state index contributed by atoms with van der Waals surface area (Å²) in [4.78, 5) is 11.6. The summed E-state index contributed by atoms with van der Waals surface area (Å²) < 4.78 is 23.2. The number of anilines is 2. The van der Waals surface area contributed by atoms with Crippen LogP contribution in [0.15, 0.2) is 18.2 Å². The van der Waals surface area contributed by atoms with Crippen molar-refractivity contribution in [3.8, 4) is 0 Å². The third-order valence-corrected chi connectivity index (χ3v) is 4.30. The number of amides is 1. The summed E-state index contributed by atoms with van der Waals surface area (Å²) in [6, 6.07) is 4.59. The molecule has 0 heterocycles. The SMILES string of the molecule is CCCCS(=O)(=O)CC(=O)Nc1ccc(Cl)cc1N. The second kappa shape index (κ2) is 6.77. The van der Waals surface area contributed by atoms with Crippen molar-refractivity contribution in [3.05, 3.63) is 23.2 Å². The summed E-state index contributed by atoms with van der Waals surface area (Å²) >= 11 is 5.73. The van der Waals surface area contributed by atoms with Gasteiger partial charge in [0.25, 0.3) is 0 Å². The number of carbonyl (C=O) groups is 1. The van der Waals surface area contributed by atoms with Gasteiger partial charge in [0.2, 0.25) is 5.91 Å². The Bertz CT molecular complexity index is 558. The van der Waals surface area contributed by atoms with Crippen LogP contribution in [0, 0.1) is 0 Å². The first kappa shape index (κ1) is 15.8. The van der Waals surface area contributed by atoms with E-state index in [-0.39, 0.29) is 5.75 Å². The first-order chi connectivity index (χ1) is 8.84. The third-order valence-electron chi connectivity index (χ3n) is 2.45. The highest BCUT2D eigenvalue weighted by Crippen LogP contribution is 2.22. The zero-order valence-corrected chi connectivity index (χ0v) is 12.2. The van der Waals surface area contributed by atoms with Gasteiger partial charge in [-0.1, -0.05) is 24.9 Å². The molecule has 0 fully saturated rings. The van der Waals surface area contributed by atoms with E-state index in [9.17, 15) is 13.2 Å². The molecule has 1 aromatic rings. The third kappa shape index (κ3) is 5.48. The van der Waals surface area contributed by atoms with Gasteiger partial charge in [0.15, 0.2) is 9.84 Å². The number of carbonyl (C=O) groups excluding carboxylic acids is 1. The van der Waals surface area contributed by atoms with Crippen molar-refractivity contribution in [2.75, 3.05) is 22.6 Å². The molecule has 0 radical (unpaired) electrons. The molecule has 0 aliphatic rings. The normalized spacial score (nSPS) is 11.3. The van der Waals surface area contributed by atoms with Gasteiger partial charge in [0.1, 0.15) is 5.75 Å². The topological polar surface area (TPSA) is 89.3 Å². The van der Waals surface area contributed by atoms with Crippen LogP contribution in [0.2, 0.25) is 5.02 Å². The highest BCUT2D eigenvalue weighted by atomic mass is 35.5. The lowest BCUT2D eigenvalue weighted by atomic mass is 10.2. The van der Waals surface area contributed by atoms with Crippen LogP contribution in [0.5, 0.6) is 0 Å². The van der Waals surface area contributed by atoms with Crippen molar-refractivity contribution < 1.29 is 13.2 Å². The lowest BCUT2D eigenvalue weighted by Crippen LogP contribution is -2.25. The summed E-state index contributed by atoms with van der Waals surface area (Å²) in [6.45, 7) is 1.89. The maximum atomic E-state index is 11.6. The van der Waals surface area contributed by atoms with Gasteiger partial charge in [0.05, 0.1) is 17.1 Å². The van der Waals surface area contributed by atoms with E-state index in [0.717, 1.165) is 6.42 Å². The fourth-order valence-corrected chi connectivity index (χ4v) is 2.99. The van der Waals surface area contributed by atoms with Crippen LogP contribution >= 0.6 is 11.6 Å². The molecule has 0 aliphatic carbocycles. The Balaban J connectivity index is 2.65. The summed E-state index contributed by atoms with van der Waals surface area (Å²) in [5, 5.41) is 2.92. The molecule has 0 atom stereocenters. The Kier molecular flexibility index (Phi) is 5.62. The van der Waals surface area contributed by atoms with Crippen molar-refractivity contribution in [3.63, 3.8) is 0 Å². The molecule has 106 valence electrons. The summed E-state index contributed by atoms with van der Waals surface area (Å²) in [6.07, 6.45) is 1.32. The number of hydrogen-bond donors (Lipinski definition) is 2. The second-order valence-corrected chi connectivity index (χ2v) is 6.85. The fraction of sp³-hybridized carbons (Fsp3) is 0.417. The Morgan fingerprint density at radius 3 is 2.68 bits per heavy atom. The summed E-state index contributed by atoms with van der Waals surface area (Å²) in [5.74, 6) is -1.10. The minimum atomic E-state index is -3.36. The van der Waals surface area contributed by atoms with Gasteiger partial charge >= 0.3 is 0 Å². The molecule has 0 saturated carbocycles. The molecule has 0 spiro atoms. The largest absolute Gasteiger partial charge is 0.397 e. The first-order valence-corrected chi connectivity index (χ1v) is 8.09. The van der Waals surface area contributed by atoms with E-state index in [1.807, 2.05) is 6.92 Å². The highest BCUT2D eigenvalue weighted by Gasteiger charge is 2.16. The average molecular weight is 305 g/mol. The molecule has 3 N–H and O–H groups in total. The predicted molar refractivity (Wildman–Crippen MR) is 78.1 cm³/mol. The maximum absolute atomic E-state index is 11.6. The van der Waals surface area contributed by atoms with Crippen molar-refractivity contribution in [2.45, 2.75) is 19.8 Å². The lowest BCUT2D eigenvalue weighted by molar-refractivity contribution is -0.113. The van der Waals surface area contributed by atoms with Crippen molar-refractivity contribution in [1.82, 2.24) is 0 Å². The van der Waals surface area contributed by atoms with Gasteiger partial charge < -0.3 is 11.1 Å². The van der Waals surface area contributed by atoms with Gasteiger partial charge in [-0.2, -0.15) is 0 Å². The molecule has 0 aliphatic heterocycles. The van der Waals surface area contributed by atoms with Crippen molar-refractivity contribution in [1.29, 1.82) is 0 Å². The molecule has 0 unspecified atom stereocenters. The minimum Gasteiger partial charge on any atom is -0.397 e. The number of nitrogens with one attached hydrogen (secondary N) is 1. The van der Waals surface area contributed by atoms with Gasteiger partial charge in [0, 0.05) is 5.02 Å². The van der Waals surface area contributed by atoms with Gasteiger partial charge in [-0.15, -0.1) is 0 Å². The number of benzene rings is 1. The fourth-order valence-electron chi connectivity index (χ4n) is 1.47. The van der Waals surface area contributed by atoms with Gasteiger partial charge in [-0.25, -0.2) is 8.42 Å². The van der Waals surface area contributed by atoms with Crippen LogP contribution in [0.4, 0.5) is 11.4 Å². The standard InChI is InChI=1S/C12H17ClN2O3S/c1-2-3-6-19(17,18)8-12(16)15-11-5-4-9(13)7-10(11)14/h4-5,7H,2-3,6,8,14H2,1H3,(H,15,16). The molecule has 1 rings (SSSR count). The smallest absolute Gasteiger partial charge is 0.239 e. The average Bonchev–Trinajstić information content (AvgIpc) is 2.29. The van der Waals surface area contributed by atoms with Crippen LogP contribution in [0.25, 0.3) is 0 Å². The van der Waals surface area contributed by atoms with Crippen LogP contribution in [0.3, 0.4) is 0 Å². The minimum absolute atomic E-state index is 0.0209. The van der Waals surface area contributed by atoms with Crippen LogP contribution in [-0.2, 0) is 14.6 Å². The van der Waals surface area contributed by atoms with Crippen LogP contribution in [0.1, 0.15) is 19.8 Å². The molecule has 0 bridgehead atoms. The van der Waals surface area contributed by atoms with E-state index in [4.69, 9.17) is 17.3 Å². The second-order valence-electron chi connectivity index (χ2n) is 4.23. The molecule has 0 saturated heterocycles. The molecule has 1 amide bonds. The van der Waals surface area contributed by atoms with Gasteiger partial charge in [-0.05, 0) is 24.6 Å². The molecule has 7 heteroatoms. The van der Waals surface area contributed by atoms with E-state index in [1.54, 1.807) is 6.07 Å². The molecule has 0 aromatic heterocycles.